The van der Waals surface area contributed by atoms with Crippen LogP contribution in [0.15, 0.2) is 10.6 Å². The van der Waals surface area contributed by atoms with Crippen LogP contribution in [0.4, 0.5) is 8.78 Å². The van der Waals surface area contributed by atoms with Crippen molar-refractivity contribution in [3.05, 3.63) is 17.8 Å². The van der Waals surface area contributed by atoms with Gasteiger partial charge in [-0.3, -0.25) is 0 Å². The van der Waals surface area contributed by atoms with E-state index >= 15 is 0 Å². The molecule has 92 valence electrons. The third kappa shape index (κ3) is 5.18. The standard InChI is InChI=1S/C10H16F2N2O2/c11-9(12)7-15-5-3-8-6-14-10(16-8)2-1-4-13/h6,9H,1-5,7,13H2. The Bertz CT molecular complexity index is 292. The van der Waals surface area contributed by atoms with E-state index in [1.807, 2.05) is 0 Å². The van der Waals surface area contributed by atoms with Gasteiger partial charge in [-0.1, -0.05) is 0 Å². The second-order valence-electron chi connectivity index (χ2n) is 3.33. The fourth-order valence-electron chi connectivity index (χ4n) is 1.18. The number of halogens is 2. The highest BCUT2D eigenvalue weighted by Crippen LogP contribution is 2.06. The van der Waals surface area contributed by atoms with Gasteiger partial charge in [-0.25, -0.2) is 13.8 Å². The molecule has 0 atom stereocenters. The molecule has 1 rings (SSSR count). The second kappa shape index (κ2) is 7.29. The summed E-state index contributed by atoms with van der Waals surface area (Å²) in [7, 11) is 0. The van der Waals surface area contributed by atoms with Crippen LogP contribution in [0.1, 0.15) is 18.1 Å². The van der Waals surface area contributed by atoms with Crippen LogP contribution in [-0.2, 0) is 17.6 Å². The molecule has 0 spiro atoms. The predicted octanol–water partition coefficient (Wildman–Crippen LogP) is 1.39. The van der Waals surface area contributed by atoms with E-state index in [0.717, 1.165) is 6.42 Å². The van der Waals surface area contributed by atoms with Crippen LogP contribution in [0.5, 0.6) is 0 Å². The topological polar surface area (TPSA) is 61.3 Å². The van der Waals surface area contributed by atoms with Crippen LogP contribution in [-0.4, -0.2) is 31.2 Å². The molecule has 2 N–H and O–H groups in total. The zero-order chi connectivity index (χ0) is 11.8. The Balaban J connectivity index is 2.19. The number of ether oxygens (including phenoxy) is 1. The van der Waals surface area contributed by atoms with Gasteiger partial charge in [-0.05, 0) is 13.0 Å². The zero-order valence-electron chi connectivity index (χ0n) is 8.99. The number of oxazole rings is 1. The van der Waals surface area contributed by atoms with Gasteiger partial charge in [0.1, 0.15) is 12.4 Å². The number of hydrogen-bond donors (Lipinski definition) is 1. The first kappa shape index (κ1) is 13.1. The summed E-state index contributed by atoms with van der Waals surface area (Å²) < 4.78 is 33.6. The van der Waals surface area contributed by atoms with Crippen molar-refractivity contribution in [2.24, 2.45) is 5.73 Å². The molecule has 0 unspecified atom stereocenters. The Labute approximate surface area is 92.8 Å². The molecule has 0 aromatic carbocycles. The van der Waals surface area contributed by atoms with Crippen molar-refractivity contribution < 1.29 is 17.9 Å². The average Bonchev–Trinajstić information content (AvgIpc) is 2.69. The van der Waals surface area contributed by atoms with Crippen LogP contribution in [0, 0.1) is 0 Å². The monoisotopic (exact) mass is 234 g/mol. The van der Waals surface area contributed by atoms with Crippen molar-refractivity contribution in [2.45, 2.75) is 25.7 Å². The van der Waals surface area contributed by atoms with E-state index in [-0.39, 0.29) is 6.61 Å². The molecule has 0 aliphatic heterocycles. The van der Waals surface area contributed by atoms with Gasteiger partial charge in [-0.2, -0.15) is 0 Å². The van der Waals surface area contributed by atoms with Crippen LogP contribution in [0.2, 0.25) is 0 Å². The van der Waals surface area contributed by atoms with Crippen molar-refractivity contribution in [3.8, 4) is 0 Å². The molecular weight excluding hydrogens is 218 g/mol. The minimum Gasteiger partial charge on any atom is -0.446 e. The summed E-state index contributed by atoms with van der Waals surface area (Å²) in [6, 6.07) is 0. The Morgan fingerprint density at radius 1 is 1.44 bits per heavy atom. The Morgan fingerprint density at radius 3 is 2.94 bits per heavy atom. The first-order valence-electron chi connectivity index (χ1n) is 5.22. The third-order valence-corrected chi connectivity index (χ3v) is 1.93. The molecule has 0 aliphatic rings. The molecular formula is C10H16F2N2O2. The van der Waals surface area contributed by atoms with E-state index in [4.69, 9.17) is 14.9 Å². The van der Waals surface area contributed by atoms with Crippen molar-refractivity contribution in [1.82, 2.24) is 4.98 Å². The quantitative estimate of drug-likeness (QED) is 0.690. The minimum atomic E-state index is -2.42. The van der Waals surface area contributed by atoms with Gasteiger partial charge in [0.25, 0.3) is 6.43 Å². The number of alkyl halides is 2. The first-order valence-corrected chi connectivity index (χ1v) is 5.22. The normalized spacial score (nSPS) is 11.2. The SMILES string of the molecule is NCCCc1ncc(CCOCC(F)F)o1. The van der Waals surface area contributed by atoms with Crippen molar-refractivity contribution >= 4 is 0 Å². The van der Waals surface area contributed by atoms with Crippen LogP contribution in [0.25, 0.3) is 0 Å². The number of rotatable bonds is 8. The summed E-state index contributed by atoms with van der Waals surface area (Å²) in [5.41, 5.74) is 5.35. The number of nitrogens with zero attached hydrogens (tertiary/aromatic N) is 1. The molecule has 1 aromatic rings. The average molecular weight is 234 g/mol. The van der Waals surface area contributed by atoms with Gasteiger partial charge in [0.2, 0.25) is 0 Å². The lowest BCUT2D eigenvalue weighted by Crippen LogP contribution is -2.06. The third-order valence-electron chi connectivity index (χ3n) is 1.93. The van der Waals surface area contributed by atoms with Gasteiger partial charge in [-0.15, -0.1) is 0 Å². The number of aryl methyl sites for hydroxylation is 1. The van der Waals surface area contributed by atoms with Gasteiger partial charge < -0.3 is 14.9 Å². The summed E-state index contributed by atoms with van der Waals surface area (Å²) in [5, 5.41) is 0. The van der Waals surface area contributed by atoms with Crippen LogP contribution >= 0.6 is 0 Å². The lowest BCUT2D eigenvalue weighted by Gasteiger charge is -2.00. The molecule has 0 fully saturated rings. The fourth-order valence-corrected chi connectivity index (χ4v) is 1.18. The van der Waals surface area contributed by atoms with E-state index in [9.17, 15) is 8.78 Å². The lowest BCUT2D eigenvalue weighted by molar-refractivity contribution is 0.0176. The zero-order valence-corrected chi connectivity index (χ0v) is 8.99. The molecule has 0 radical (unpaired) electrons. The smallest absolute Gasteiger partial charge is 0.261 e. The highest BCUT2D eigenvalue weighted by atomic mass is 19.3. The summed E-state index contributed by atoms with van der Waals surface area (Å²) in [6.07, 6.45) is 1.16. The molecule has 0 saturated carbocycles. The summed E-state index contributed by atoms with van der Waals surface area (Å²) in [6.45, 7) is 0.277. The summed E-state index contributed by atoms with van der Waals surface area (Å²) in [5.74, 6) is 1.29. The fraction of sp³-hybridized carbons (Fsp3) is 0.700. The van der Waals surface area contributed by atoms with E-state index in [0.29, 0.717) is 31.0 Å². The van der Waals surface area contributed by atoms with Crippen molar-refractivity contribution in [1.29, 1.82) is 0 Å². The molecule has 16 heavy (non-hydrogen) atoms. The second-order valence-corrected chi connectivity index (χ2v) is 3.33. The highest BCUT2D eigenvalue weighted by Gasteiger charge is 2.05. The van der Waals surface area contributed by atoms with Crippen molar-refractivity contribution in [3.63, 3.8) is 0 Å². The van der Waals surface area contributed by atoms with E-state index < -0.39 is 13.0 Å². The Morgan fingerprint density at radius 2 is 2.25 bits per heavy atom. The maximum Gasteiger partial charge on any atom is 0.261 e. The van der Waals surface area contributed by atoms with Gasteiger partial charge in [0.05, 0.1) is 12.8 Å². The maximum atomic E-state index is 11.7. The summed E-state index contributed by atoms with van der Waals surface area (Å²) >= 11 is 0. The molecule has 4 nitrogen and oxygen atoms in total. The minimum absolute atomic E-state index is 0.218. The molecule has 0 saturated heterocycles. The largest absolute Gasteiger partial charge is 0.446 e. The Hall–Kier alpha value is -1.01. The van der Waals surface area contributed by atoms with Crippen LogP contribution in [0.3, 0.4) is 0 Å². The van der Waals surface area contributed by atoms with Gasteiger partial charge in [0, 0.05) is 12.8 Å². The Kier molecular flexibility index (Phi) is 5.95. The molecule has 6 heteroatoms. The molecule has 0 amide bonds. The summed E-state index contributed by atoms with van der Waals surface area (Å²) in [4.78, 5) is 4.04. The molecule has 1 aromatic heterocycles. The first-order chi connectivity index (χ1) is 7.72. The van der Waals surface area contributed by atoms with Crippen LogP contribution < -0.4 is 5.73 Å². The lowest BCUT2D eigenvalue weighted by atomic mass is 10.3. The highest BCUT2D eigenvalue weighted by molar-refractivity contribution is 4.94. The van der Waals surface area contributed by atoms with E-state index in [1.54, 1.807) is 6.20 Å². The van der Waals surface area contributed by atoms with Gasteiger partial charge in [0.15, 0.2) is 5.89 Å². The van der Waals surface area contributed by atoms with E-state index in [2.05, 4.69) is 4.98 Å². The molecule has 1 heterocycles. The maximum absolute atomic E-state index is 11.7. The van der Waals surface area contributed by atoms with E-state index in [1.165, 1.54) is 0 Å². The predicted molar refractivity (Wildman–Crippen MR) is 54.4 cm³/mol. The number of hydrogen-bond acceptors (Lipinski definition) is 4. The molecule has 0 bridgehead atoms. The van der Waals surface area contributed by atoms with Gasteiger partial charge >= 0.3 is 0 Å². The number of aromatic nitrogens is 1. The number of nitrogens with two attached hydrogens (primary N) is 1. The molecule has 0 aliphatic carbocycles. The van der Waals surface area contributed by atoms with Crippen molar-refractivity contribution in [2.75, 3.05) is 19.8 Å².